The predicted molar refractivity (Wildman–Crippen MR) is 49.7 cm³/mol. The zero-order chi connectivity index (χ0) is 8.81. The van der Waals surface area contributed by atoms with Gasteiger partial charge >= 0.3 is 0 Å². The number of hydrogen-bond donors (Lipinski definition) is 1. The number of nitrogens with two attached hydrogens (primary N) is 1. The van der Waals surface area contributed by atoms with Crippen LogP contribution in [-0.4, -0.2) is 12.4 Å². The summed E-state index contributed by atoms with van der Waals surface area (Å²) in [7, 11) is 0. The Bertz CT molecular complexity index is 225. The molecule has 0 unspecified atom stereocenters. The lowest BCUT2D eigenvalue weighted by Crippen LogP contribution is -2.02. The van der Waals surface area contributed by atoms with Gasteiger partial charge in [-0.1, -0.05) is 0 Å². The topological polar surface area (TPSA) is 48.4 Å². The van der Waals surface area contributed by atoms with Crippen LogP contribution < -0.4 is 5.90 Å². The highest BCUT2D eigenvalue weighted by atomic mass is 32.2. The van der Waals surface area contributed by atoms with E-state index in [-0.39, 0.29) is 0 Å². The first-order valence-electron chi connectivity index (χ1n) is 3.77. The SMILES string of the molecule is Cc1ccoc1CSCCON. The molecule has 0 aliphatic rings. The molecule has 1 aromatic rings. The fraction of sp³-hybridized carbons (Fsp3) is 0.500. The smallest absolute Gasteiger partial charge is 0.116 e. The second kappa shape index (κ2) is 5.24. The first-order chi connectivity index (χ1) is 5.84. The maximum Gasteiger partial charge on any atom is 0.116 e. The highest BCUT2D eigenvalue weighted by Gasteiger charge is 2.00. The van der Waals surface area contributed by atoms with Crippen molar-refractivity contribution < 1.29 is 9.25 Å². The fourth-order valence-electron chi connectivity index (χ4n) is 0.824. The fourth-order valence-corrected chi connectivity index (χ4v) is 1.66. The molecule has 1 rings (SSSR count). The summed E-state index contributed by atoms with van der Waals surface area (Å²) in [5.74, 6) is 7.71. The van der Waals surface area contributed by atoms with Gasteiger partial charge in [-0.2, -0.15) is 11.8 Å². The highest BCUT2D eigenvalue weighted by Crippen LogP contribution is 2.16. The summed E-state index contributed by atoms with van der Waals surface area (Å²) >= 11 is 1.75. The van der Waals surface area contributed by atoms with Crippen molar-refractivity contribution in [2.75, 3.05) is 12.4 Å². The van der Waals surface area contributed by atoms with E-state index in [1.807, 2.05) is 13.0 Å². The Morgan fingerprint density at radius 1 is 1.67 bits per heavy atom. The third-order valence-corrected chi connectivity index (χ3v) is 2.47. The van der Waals surface area contributed by atoms with Crippen molar-refractivity contribution in [1.82, 2.24) is 0 Å². The molecule has 0 saturated heterocycles. The molecular weight excluding hydrogens is 174 g/mol. The molecule has 1 heterocycles. The van der Waals surface area contributed by atoms with E-state index in [0.717, 1.165) is 17.3 Å². The van der Waals surface area contributed by atoms with Crippen LogP contribution in [0.4, 0.5) is 0 Å². The molecule has 0 radical (unpaired) electrons. The average molecular weight is 187 g/mol. The monoisotopic (exact) mass is 187 g/mol. The van der Waals surface area contributed by atoms with Crippen molar-refractivity contribution in [3.8, 4) is 0 Å². The van der Waals surface area contributed by atoms with Crippen molar-refractivity contribution in [2.24, 2.45) is 5.90 Å². The number of furan rings is 1. The minimum absolute atomic E-state index is 0.588. The molecule has 1 aromatic heterocycles. The summed E-state index contributed by atoms with van der Waals surface area (Å²) in [5, 5.41) is 0. The molecule has 12 heavy (non-hydrogen) atoms. The first-order valence-corrected chi connectivity index (χ1v) is 4.92. The quantitative estimate of drug-likeness (QED) is 0.563. The van der Waals surface area contributed by atoms with E-state index in [9.17, 15) is 0 Å². The van der Waals surface area contributed by atoms with Crippen LogP contribution in [0.5, 0.6) is 0 Å². The Hall–Kier alpha value is -0.450. The van der Waals surface area contributed by atoms with Crippen molar-refractivity contribution in [1.29, 1.82) is 0 Å². The zero-order valence-corrected chi connectivity index (χ0v) is 7.89. The molecular formula is C8H13NO2S. The van der Waals surface area contributed by atoms with E-state index in [0.29, 0.717) is 6.61 Å². The molecule has 0 aromatic carbocycles. The standard InChI is InChI=1S/C8H13NO2S/c1-7-2-3-10-8(7)6-12-5-4-11-9/h2-3H,4-6,9H2,1H3. The second-order valence-corrected chi connectivity index (χ2v) is 3.56. The van der Waals surface area contributed by atoms with Gasteiger partial charge in [-0.3, -0.25) is 0 Å². The van der Waals surface area contributed by atoms with E-state index < -0.39 is 0 Å². The Labute approximate surface area is 76.2 Å². The Morgan fingerprint density at radius 2 is 2.50 bits per heavy atom. The van der Waals surface area contributed by atoms with Gasteiger partial charge in [-0.15, -0.1) is 0 Å². The normalized spacial score (nSPS) is 10.5. The molecule has 0 amide bonds. The summed E-state index contributed by atoms with van der Waals surface area (Å²) in [6.45, 7) is 2.63. The zero-order valence-electron chi connectivity index (χ0n) is 7.08. The maximum atomic E-state index is 5.25. The lowest BCUT2D eigenvalue weighted by molar-refractivity contribution is 0.155. The molecule has 0 fully saturated rings. The van der Waals surface area contributed by atoms with Crippen LogP contribution in [0.25, 0.3) is 0 Å². The molecule has 3 nitrogen and oxygen atoms in total. The van der Waals surface area contributed by atoms with E-state index >= 15 is 0 Å². The van der Waals surface area contributed by atoms with Crippen LogP contribution in [0.1, 0.15) is 11.3 Å². The van der Waals surface area contributed by atoms with Crippen molar-refractivity contribution in [2.45, 2.75) is 12.7 Å². The molecule has 0 aliphatic heterocycles. The molecule has 68 valence electrons. The molecule has 0 bridgehead atoms. The Kier molecular flexibility index (Phi) is 4.21. The summed E-state index contributed by atoms with van der Waals surface area (Å²) in [6, 6.07) is 1.97. The number of hydrogen-bond acceptors (Lipinski definition) is 4. The largest absolute Gasteiger partial charge is 0.468 e. The van der Waals surface area contributed by atoms with Crippen LogP contribution in [0, 0.1) is 6.92 Å². The molecule has 0 aliphatic carbocycles. The van der Waals surface area contributed by atoms with E-state index in [1.54, 1.807) is 18.0 Å². The maximum absolute atomic E-state index is 5.25. The summed E-state index contributed by atoms with van der Waals surface area (Å²) in [4.78, 5) is 4.44. The summed E-state index contributed by atoms with van der Waals surface area (Å²) in [6.07, 6.45) is 1.71. The van der Waals surface area contributed by atoms with Crippen molar-refractivity contribution in [3.05, 3.63) is 23.7 Å². The van der Waals surface area contributed by atoms with Gasteiger partial charge in [0, 0.05) is 5.75 Å². The van der Waals surface area contributed by atoms with Crippen LogP contribution in [0.2, 0.25) is 0 Å². The minimum atomic E-state index is 0.588. The number of rotatable bonds is 5. The molecule has 4 heteroatoms. The summed E-state index contributed by atoms with van der Waals surface area (Å²) < 4.78 is 5.25. The van der Waals surface area contributed by atoms with Gasteiger partial charge in [-0.25, -0.2) is 5.90 Å². The highest BCUT2D eigenvalue weighted by molar-refractivity contribution is 7.98. The minimum Gasteiger partial charge on any atom is -0.468 e. The summed E-state index contributed by atoms with van der Waals surface area (Å²) in [5.41, 5.74) is 1.20. The van der Waals surface area contributed by atoms with Gasteiger partial charge in [0.1, 0.15) is 5.76 Å². The van der Waals surface area contributed by atoms with Crippen LogP contribution in [-0.2, 0) is 10.6 Å². The number of aryl methyl sites for hydroxylation is 1. The molecule has 0 spiro atoms. The Balaban J connectivity index is 2.20. The average Bonchev–Trinajstić information content (AvgIpc) is 2.46. The van der Waals surface area contributed by atoms with Gasteiger partial charge < -0.3 is 9.25 Å². The lowest BCUT2D eigenvalue weighted by Gasteiger charge is -1.98. The van der Waals surface area contributed by atoms with E-state index in [1.165, 1.54) is 5.56 Å². The third-order valence-electron chi connectivity index (χ3n) is 1.55. The van der Waals surface area contributed by atoms with Gasteiger partial charge in [0.2, 0.25) is 0 Å². The number of thioether (sulfide) groups is 1. The first kappa shape index (κ1) is 9.64. The lowest BCUT2D eigenvalue weighted by atomic mass is 10.3. The van der Waals surface area contributed by atoms with Crippen molar-refractivity contribution in [3.63, 3.8) is 0 Å². The van der Waals surface area contributed by atoms with Crippen molar-refractivity contribution >= 4 is 11.8 Å². The van der Waals surface area contributed by atoms with Crippen LogP contribution >= 0.6 is 11.8 Å². The molecule has 0 atom stereocenters. The van der Waals surface area contributed by atoms with Crippen LogP contribution in [0.15, 0.2) is 16.7 Å². The van der Waals surface area contributed by atoms with Gasteiger partial charge in [0.25, 0.3) is 0 Å². The molecule has 0 saturated carbocycles. The second-order valence-electron chi connectivity index (χ2n) is 2.45. The van der Waals surface area contributed by atoms with Crippen LogP contribution in [0.3, 0.4) is 0 Å². The van der Waals surface area contributed by atoms with E-state index in [4.69, 9.17) is 10.3 Å². The predicted octanol–water partition coefficient (Wildman–Crippen LogP) is 1.71. The van der Waals surface area contributed by atoms with Gasteiger partial charge in [-0.05, 0) is 18.6 Å². The molecule has 2 N–H and O–H groups in total. The van der Waals surface area contributed by atoms with Gasteiger partial charge in [0.15, 0.2) is 0 Å². The van der Waals surface area contributed by atoms with E-state index in [2.05, 4.69) is 4.84 Å². The third kappa shape index (κ3) is 2.89. The Morgan fingerprint density at radius 3 is 3.08 bits per heavy atom. The van der Waals surface area contributed by atoms with Gasteiger partial charge in [0.05, 0.1) is 18.6 Å².